The first-order valence-electron chi connectivity index (χ1n) is 5.97. The standard InChI is InChI=1S/C12H22N2/c1-2-8-14-9-4-3-5-12(14)11-6-7-13-10-11/h2,11-13H,1,3-10H2. The van der Waals surface area contributed by atoms with Crippen LogP contribution in [0.15, 0.2) is 12.7 Å². The molecular weight excluding hydrogens is 172 g/mol. The smallest absolute Gasteiger partial charge is 0.0163 e. The summed E-state index contributed by atoms with van der Waals surface area (Å²) in [6.45, 7) is 8.69. The average molecular weight is 194 g/mol. The lowest BCUT2D eigenvalue weighted by Gasteiger charge is -2.38. The lowest BCUT2D eigenvalue weighted by Crippen LogP contribution is -2.44. The Morgan fingerprint density at radius 3 is 3.00 bits per heavy atom. The average Bonchev–Trinajstić information content (AvgIpc) is 2.72. The number of hydrogen-bond acceptors (Lipinski definition) is 2. The van der Waals surface area contributed by atoms with Crippen LogP contribution in [0.5, 0.6) is 0 Å². The topological polar surface area (TPSA) is 15.3 Å². The normalized spacial score (nSPS) is 34.6. The summed E-state index contributed by atoms with van der Waals surface area (Å²) in [5.74, 6) is 0.898. The molecule has 0 aromatic heterocycles. The third-order valence-electron chi connectivity index (χ3n) is 3.67. The zero-order valence-electron chi connectivity index (χ0n) is 9.04. The molecule has 0 aliphatic carbocycles. The summed E-state index contributed by atoms with van der Waals surface area (Å²) < 4.78 is 0. The highest BCUT2D eigenvalue weighted by Gasteiger charge is 2.30. The van der Waals surface area contributed by atoms with E-state index in [-0.39, 0.29) is 0 Å². The van der Waals surface area contributed by atoms with E-state index in [1.807, 2.05) is 0 Å². The quantitative estimate of drug-likeness (QED) is 0.687. The third-order valence-corrected chi connectivity index (χ3v) is 3.67. The highest BCUT2D eigenvalue weighted by molar-refractivity contribution is 4.89. The van der Waals surface area contributed by atoms with E-state index in [1.54, 1.807) is 0 Å². The summed E-state index contributed by atoms with van der Waals surface area (Å²) in [5.41, 5.74) is 0. The fourth-order valence-electron chi connectivity index (χ4n) is 2.95. The Bertz CT molecular complexity index is 185. The van der Waals surface area contributed by atoms with Gasteiger partial charge < -0.3 is 5.32 Å². The monoisotopic (exact) mass is 194 g/mol. The summed E-state index contributed by atoms with van der Waals surface area (Å²) in [7, 11) is 0. The van der Waals surface area contributed by atoms with Gasteiger partial charge in [-0.25, -0.2) is 0 Å². The molecule has 2 fully saturated rings. The van der Waals surface area contributed by atoms with Crippen LogP contribution >= 0.6 is 0 Å². The van der Waals surface area contributed by atoms with Crippen molar-refractivity contribution in [3.05, 3.63) is 12.7 Å². The molecule has 0 radical (unpaired) electrons. The van der Waals surface area contributed by atoms with E-state index < -0.39 is 0 Å². The van der Waals surface area contributed by atoms with E-state index in [2.05, 4.69) is 22.9 Å². The number of hydrogen-bond donors (Lipinski definition) is 1. The van der Waals surface area contributed by atoms with Gasteiger partial charge in [-0.15, -0.1) is 6.58 Å². The molecule has 1 N–H and O–H groups in total. The van der Waals surface area contributed by atoms with Crippen LogP contribution in [0.25, 0.3) is 0 Å². The molecule has 0 spiro atoms. The van der Waals surface area contributed by atoms with Gasteiger partial charge in [-0.2, -0.15) is 0 Å². The van der Waals surface area contributed by atoms with Crippen LogP contribution in [0.3, 0.4) is 0 Å². The van der Waals surface area contributed by atoms with Crippen molar-refractivity contribution in [3.63, 3.8) is 0 Å². The molecule has 2 unspecified atom stereocenters. The summed E-state index contributed by atoms with van der Waals surface area (Å²) in [6, 6.07) is 0.830. The molecule has 2 atom stereocenters. The minimum atomic E-state index is 0.830. The maximum absolute atomic E-state index is 3.86. The predicted octanol–water partition coefficient (Wildman–Crippen LogP) is 1.64. The van der Waals surface area contributed by atoms with Gasteiger partial charge in [0, 0.05) is 12.6 Å². The summed E-state index contributed by atoms with van der Waals surface area (Å²) in [5, 5.41) is 3.48. The van der Waals surface area contributed by atoms with Gasteiger partial charge in [0.2, 0.25) is 0 Å². The predicted molar refractivity (Wildman–Crippen MR) is 60.4 cm³/mol. The van der Waals surface area contributed by atoms with E-state index in [1.165, 1.54) is 45.3 Å². The molecule has 0 aromatic rings. The first-order chi connectivity index (χ1) is 6.92. The molecule has 0 bridgehead atoms. The summed E-state index contributed by atoms with van der Waals surface area (Å²) >= 11 is 0. The van der Waals surface area contributed by atoms with Crippen molar-refractivity contribution >= 4 is 0 Å². The van der Waals surface area contributed by atoms with Crippen LogP contribution in [-0.4, -0.2) is 37.1 Å². The van der Waals surface area contributed by atoms with Gasteiger partial charge in [0.25, 0.3) is 0 Å². The van der Waals surface area contributed by atoms with Gasteiger partial charge in [-0.1, -0.05) is 12.5 Å². The van der Waals surface area contributed by atoms with Crippen LogP contribution in [0.4, 0.5) is 0 Å². The molecule has 14 heavy (non-hydrogen) atoms. The highest BCUT2D eigenvalue weighted by atomic mass is 15.2. The zero-order chi connectivity index (χ0) is 9.80. The lowest BCUT2D eigenvalue weighted by molar-refractivity contribution is 0.119. The van der Waals surface area contributed by atoms with Crippen LogP contribution in [0.2, 0.25) is 0 Å². The molecule has 80 valence electrons. The van der Waals surface area contributed by atoms with Gasteiger partial charge in [-0.05, 0) is 44.8 Å². The van der Waals surface area contributed by atoms with E-state index >= 15 is 0 Å². The second kappa shape index (κ2) is 4.94. The Balaban J connectivity index is 1.94. The van der Waals surface area contributed by atoms with Crippen molar-refractivity contribution < 1.29 is 0 Å². The number of piperidine rings is 1. The Morgan fingerprint density at radius 1 is 1.36 bits per heavy atom. The van der Waals surface area contributed by atoms with Gasteiger partial charge in [0.05, 0.1) is 0 Å². The van der Waals surface area contributed by atoms with E-state index in [4.69, 9.17) is 0 Å². The van der Waals surface area contributed by atoms with Crippen molar-refractivity contribution in [1.29, 1.82) is 0 Å². The van der Waals surface area contributed by atoms with E-state index in [9.17, 15) is 0 Å². The highest BCUT2D eigenvalue weighted by Crippen LogP contribution is 2.26. The number of rotatable bonds is 3. The molecule has 0 aromatic carbocycles. The molecule has 2 aliphatic rings. The van der Waals surface area contributed by atoms with Crippen LogP contribution in [0, 0.1) is 5.92 Å². The lowest BCUT2D eigenvalue weighted by atomic mass is 9.89. The van der Waals surface area contributed by atoms with Crippen molar-refractivity contribution in [2.24, 2.45) is 5.92 Å². The summed E-state index contributed by atoms with van der Waals surface area (Å²) in [6.07, 6.45) is 7.64. The van der Waals surface area contributed by atoms with E-state index in [0.717, 1.165) is 18.5 Å². The van der Waals surface area contributed by atoms with Crippen molar-refractivity contribution in [2.45, 2.75) is 31.7 Å². The Kier molecular flexibility index (Phi) is 3.60. The SMILES string of the molecule is C=CCN1CCCCC1C1CCNC1. The summed E-state index contributed by atoms with van der Waals surface area (Å²) in [4.78, 5) is 2.63. The van der Waals surface area contributed by atoms with Gasteiger partial charge in [-0.3, -0.25) is 4.90 Å². The van der Waals surface area contributed by atoms with Gasteiger partial charge >= 0.3 is 0 Å². The van der Waals surface area contributed by atoms with Crippen molar-refractivity contribution in [1.82, 2.24) is 10.2 Å². The molecule has 2 rings (SSSR count). The van der Waals surface area contributed by atoms with Gasteiger partial charge in [0.15, 0.2) is 0 Å². The molecular formula is C12H22N2. The van der Waals surface area contributed by atoms with Crippen molar-refractivity contribution in [2.75, 3.05) is 26.2 Å². The molecule has 2 heterocycles. The molecule has 2 heteroatoms. The molecule has 2 saturated heterocycles. The minimum absolute atomic E-state index is 0.830. The fraction of sp³-hybridized carbons (Fsp3) is 0.833. The van der Waals surface area contributed by atoms with Crippen LogP contribution < -0.4 is 5.32 Å². The maximum atomic E-state index is 3.86. The minimum Gasteiger partial charge on any atom is -0.316 e. The van der Waals surface area contributed by atoms with Crippen LogP contribution in [0.1, 0.15) is 25.7 Å². The van der Waals surface area contributed by atoms with Gasteiger partial charge in [0.1, 0.15) is 0 Å². The molecule has 0 amide bonds. The number of nitrogens with one attached hydrogen (secondary N) is 1. The number of likely N-dealkylation sites (tertiary alicyclic amines) is 1. The fourth-order valence-corrected chi connectivity index (χ4v) is 2.95. The molecule has 2 nitrogen and oxygen atoms in total. The first kappa shape index (κ1) is 10.2. The first-order valence-corrected chi connectivity index (χ1v) is 5.97. The maximum Gasteiger partial charge on any atom is 0.0163 e. The van der Waals surface area contributed by atoms with Crippen molar-refractivity contribution in [3.8, 4) is 0 Å². The van der Waals surface area contributed by atoms with Crippen LogP contribution in [-0.2, 0) is 0 Å². The zero-order valence-corrected chi connectivity index (χ0v) is 9.04. The Morgan fingerprint density at radius 2 is 2.29 bits per heavy atom. The Hall–Kier alpha value is -0.340. The molecule has 0 saturated carbocycles. The van der Waals surface area contributed by atoms with E-state index in [0.29, 0.717) is 0 Å². The second-order valence-corrected chi connectivity index (χ2v) is 4.60. The number of nitrogens with zero attached hydrogens (tertiary/aromatic N) is 1. The largest absolute Gasteiger partial charge is 0.316 e. The third kappa shape index (κ3) is 2.18. The Labute approximate surface area is 87.4 Å². The second-order valence-electron chi connectivity index (χ2n) is 4.60. The molecule has 2 aliphatic heterocycles.